The van der Waals surface area contributed by atoms with Gasteiger partial charge in [0.15, 0.2) is 5.16 Å². The monoisotopic (exact) mass is 296 g/mol. The quantitative estimate of drug-likeness (QED) is 0.783. The minimum Gasteiger partial charge on any atom is -0.481 e. The second-order valence-corrected chi connectivity index (χ2v) is 4.99. The number of nitrogens with two attached hydrogens (primary N) is 1. The Hall–Kier alpha value is -2.09. The van der Waals surface area contributed by atoms with Crippen LogP contribution in [0.2, 0.25) is 0 Å². The SMILES string of the molecule is Nc1nnc(SCC(=O)O)n1CCc1ccc(F)cc1. The summed E-state index contributed by atoms with van der Waals surface area (Å²) in [5.74, 6) is -1.08. The molecule has 2 rings (SSSR count). The van der Waals surface area contributed by atoms with Crippen LogP contribution in [0.1, 0.15) is 5.56 Å². The Morgan fingerprint density at radius 1 is 1.35 bits per heavy atom. The third kappa shape index (κ3) is 3.70. The highest BCUT2D eigenvalue weighted by Gasteiger charge is 2.11. The number of nitrogens with zero attached hydrogens (tertiary/aromatic N) is 3. The Labute approximate surface area is 118 Å². The molecular weight excluding hydrogens is 283 g/mol. The zero-order chi connectivity index (χ0) is 14.5. The molecule has 8 heteroatoms. The first kappa shape index (κ1) is 14.3. The molecule has 20 heavy (non-hydrogen) atoms. The highest BCUT2D eigenvalue weighted by atomic mass is 32.2. The van der Waals surface area contributed by atoms with Gasteiger partial charge in [0, 0.05) is 6.54 Å². The highest BCUT2D eigenvalue weighted by molar-refractivity contribution is 7.99. The lowest BCUT2D eigenvalue weighted by Crippen LogP contribution is -2.08. The molecule has 0 spiro atoms. The van der Waals surface area contributed by atoms with Gasteiger partial charge in [0.1, 0.15) is 5.82 Å². The number of benzene rings is 1. The number of hydrogen-bond acceptors (Lipinski definition) is 5. The molecule has 0 aliphatic carbocycles. The van der Waals surface area contributed by atoms with Crippen molar-refractivity contribution in [2.75, 3.05) is 11.5 Å². The maximum Gasteiger partial charge on any atom is 0.313 e. The van der Waals surface area contributed by atoms with Crippen LogP contribution in [0.15, 0.2) is 29.4 Å². The number of rotatable bonds is 6. The first-order chi connectivity index (χ1) is 9.56. The summed E-state index contributed by atoms with van der Waals surface area (Å²) in [5.41, 5.74) is 6.66. The number of carbonyl (C=O) groups is 1. The summed E-state index contributed by atoms with van der Waals surface area (Å²) >= 11 is 1.06. The van der Waals surface area contributed by atoms with Gasteiger partial charge in [-0.25, -0.2) is 4.39 Å². The molecule has 2 aromatic rings. The molecule has 0 aliphatic rings. The van der Waals surface area contributed by atoms with E-state index in [9.17, 15) is 9.18 Å². The van der Waals surface area contributed by atoms with Crippen LogP contribution >= 0.6 is 11.8 Å². The number of anilines is 1. The van der Waals surface area contributed by atoms with Crippen LogP contribution in [0.3, 0.4) is 0 Å². The average Bonchev–Trinajstić information content (AvgIpc) is 2.76. The summed E-state index contributed by atoms with van der Waals surface area (Å²) in [6, 6.07) is 6.18. The largest absolute Gasteiger partial charge is 0.481 e. The molecule has 0 saturated carbocycles. The van der Waals surface area contributed by atoms with Gasteiger partial charge in [-0.15, -0.1) is 10.2 Å². The van der Waals surface area contributed by atoms with Gasteiger partial charge in [-0.05, 0) is 24.1 Å². The Bertz CT molecular complexity index is 600. The van der Waals surface area contributed by atoms with E-state index >= 15 is 0 Å². The number of halogens is 1. The second kappa shape index (κ2) is 6.38. The van der Waals surface area contributed by atoms with Crippen molar-refractivity contribution in [1.82, 2.24) is 14.8 Å². The van der Waals surface area contributed by atoms with Crippen LogP contribution in [0.4, 0.5) is 10.3 Å². The molecule has 1 aromatic heterocycles. The fraction of sp³-hybridized carbons (Fsp3) is 0.250. The number of aliphatic carboxylic acids is 1. The molecule has 106 valence electrons. The molecule has 1 aromatic carbocycles. The fourth-order valence-corrected chi connectivity index (χ4v) is 2.33. The molecule has 1 heterocycles. The number of carboxylic acid groups (broad SMARTS) is 1. The topological polar surface area (TPSA) is 94.0 Å². The molecule has 0 unspecified atom stereocenters. The lowest BCUT2D eigenvalue weighted by Gasteiger charge is -2.07. The smallest absolute Gasteiger partial charge is 0.313 e. The van der Waals surface area contributed by atoms with Gasteiger partial charge in [-0.2, -0.15) is 0 Å². The number of hydrogen-bond donors (Lipinski definition) is 2. The molecule has 0 fully saturated rings. The second-order valence-electron chi connectivity index (χ2n) is 4.05. The Morgan fingerprint density at radius 2 is 2.05 bits per heavy atom. The van der Waals surface area contributed by atoms with E-state index in [-0.39, 0.29) is 17.5 Å². The van der Waals surface area contributed by atoms with Crippen LogP contribution in [0.25, 0.3) is 0 Å². The van der Waals surface area contributed by atoms with Gasteiger partial charge < -0.3 is 10.8 Å². The van der Waals surface area contributed by atoms with Gasteiger partial charge in [-0.3, -0.25) is 9.36 Å². The molecule has 6 nitrogen and oxygen atoms in total. The standard InChI is InChI=1S/C12H13FN4O2S/c13-9-3-1-8(2-4-9)5-6-17-11(14)15-16-12(17)20-7-10(18)19/h1-4H,5-7H2,(H2,14,15)(H,18,19). The van der Waals surface area contributed by atoms with E-state index in [1.54, 1.807) is 16.7 Å². The third-order valence-corrected chi connectivity index (χ3v) is 3.56. The highest BCUT2D eigenvalue weighted by Crippen LogP contribution is 2.18. The number of aromatic nitrogens is 3. The van der Waals surface area contributed by atoms with Gasteiger partial charge in [0.2, 0.25) is 5.95 Å². The van der Waals surface area contributed by atoms with Crippen molar-refractivity contribution < 1.29 is 14.3 Å². The summed E-state index contributed by atoms with van der Waals surface area (Å²) < 4.78 is 14.5. The molecule has 0 amide bonds. The number of nitrogen functional groups attached to an aromatic ring is 1. The molecule has 0 bridgehead atoms. The van der Waals surface area contributed by atoms with Crippen molar-refractivity contribution in [2.45, 2.75) is 18.1 Å². The number of carboxylic acids is 1. The summed E-state index contributed by atoms with van der Waals surface area (Å²) in [7, 11) is 0. The number of thioether (sulfide) groups is 1. The zero-order valence-corrected chi connectivity index (χ0v) is 11.3. The van der Waals surface area contributed by atoms with Crippen LogP contribution in [0.5, 0.6) is 0 Å². The normalized spacial score (nSPS) is 10.7. The van der Waals surface area contributed by atoms with Crippen LogP contribution in [-0.2, 0) is 17.8 Å². The zero-order valence-electron chi connectivity index (χ0n) is 10.5. The summed E-state index contributed by atoms with van der Waals surface area (Å²) in [4.78, 5) is 10.6. The summed E-state index contributed by atoms with van der Waals surface area (Å²) in [6.45, 7) is 0.506. The minimum atomic E-state index is -0.929. The van der Waals surface area contributed by atoms with E-state index in [1.165, 1.54) is 12.1 Å². The van der Waals surface area contributed by atoms with Crippen molar-refractivity contribution >= 4 is 23.7 Å². The molecule has 3 N–H and O–H groups in total. The first-order valence-electron chi connectivity index (χ1n) is 5.84. The van der Waals surface area contributed by atoms with Gasteiger partial charge >= 0.3 is 5.97 Å². The molecule has 0 radical (unpaired) electrons. The predicted octanol–water partition coefficient (Wildman–Crippen LogP) is 1.42. The van der Waals surface area contributed by atoms with E-state index in [2.05, 4.69) is 10.2 Å². The molecular formula is C12H13FN4O2S. The van der Waals surface area contributed by atoms with Crippen LogP contribution in [0, 0.1) is 5.82 Å². The van der Waals surface area contributed by atoms with Gasteiger partial charge in [-0.1, -0.05) is 23.9 Å². The van der Waals surface area contributed by atoms with Gasteiger partial charge in [0.25, 0.3) is 0 Å². The van der Waals surface area contributed by atoms with E-state index in [0.29, 0.717) is 18.1 Å². The van der Waals surface area contributed by atoms with Crippen LogP contribution < -0.4 is 5.73 Å². The van der Waals surface area contributed by atoms with Crippen molar-refractivity contribution in [1.29, 1.82) is 0 Å². The van der Waals surface area contributed by atoms with Crippen LogP contribution in [-0.4, -0.2) is 31.6 Å². The Kier molecular flexibility index (Phi) is 4.57. The summed E-state index contributed by atoms with van der Waals surface area (Å²) in [5, 5.41) is 16.7. The van der Waals surface area contributed by atoms with Crippen molar-refractivity contribution in [2.24, 2.45) is 0 Å². The van der Waals surface area contributed by atoms with E-state index in [4.69, 9.17) is 10.8 Å². The summed E-state index contributed by atoms with van der Waals surface area (Å²) in [6.07, 6.45) is 0.628. The van der Waals surface area contributed by atoms with Crippen molar-refractivity contribution in [3.05, 3.63) is 35.6 Å². The number of aryl methyl sites for hydroxylation is 1. The molecule has 0 saturated heterocycles. The molecule has 0 aliphatic heterocycles. The first-order valence-corrected chi connectivity index (χ1v) is 6.82. The van der Waals surface area contributed by atoms with E-state index < -0.39 is 5.97 Å². The lowest BCUT2D eigenvalue weighted by atomic mass is 10.1. The predicted molar refractivity (Wildman–Crippen MR) is 72.9 cm³/mol. The van der Waals surface area contributed by atoms with E-state index in [0.717, 1.165) is 17.3 Å². The van der Waals surface area contributed by atoms with Crippen molar-refractivity contribution in [3.63, 3.8) is 0 Å². The third-order valence-electron chi connectivity index (χ3n) is 2.61. The molecule has 0 atom stereocenters. The lowest BCUT2D eigenvalue weighted by molar-refractivity contribution is -0.133. The average molecular weight is 296 g/mol. The maximum absolute atomic E-state index is 12.8. The van der Waals surface area contributed by atoms with E-state index in [1.807, 2.05) is 0 Å². The maximum atomic E-state index is 12.8. The Morgan fingerprint density at radius 3 is 2.70 bits per heavy atom. The Balaban J connectivity index is 2.03. The van der Waals surface area contributed by atoms with Gasteiger partial charge in [0.05, 0.1) is 5.75 Å². The minimum absolute atomic E-state index is 0.102. The fourth-order valence-electron chi connectivity index (χ4n) is 1.64. The van der Waals surface area contributed by atoms with Crippen molar-refractivity contribution in [3.8, 4) is 0 Å².